The van der Waals surface area contributed by atoms with E-state index in [4.69, 9.17) is 4.74 Å². The van der Waals surface area contributed by atoms with Gasteiger partial charge < -0.3 is 9.84 Å². The zero-order valence-electron chi connectivity index (χ0n) is 9.11. The van der Waals surface area contributed by atoms with Crippen molar-refractivity contribution in [1.29, 1.82) is 0 Å². The Kier molecular flexibility index (Phi) is 2.83. The number of esters is 1. The lowest BCUT2D eigenvalue weighted by Gasteiger charge is -2.01. The second kappa shape index (κ2) is 4.14. The van der Waals surface area contributed by atoms with Crippen molar-refractivity contribution in [3.63, 3.8) is 0 Å². The molecule has 3 nitrogen and oxygen atoms in total. The molecular formula is C12H12O3S. The molecule has 0 aliphatic heterocycles. The number of benzene rings is 1. The monoisotopic (exact) mass is 236 g/mol. The molecule has 1 N–H and O–H groups in total. The summed E-state index contributed by atoms with van der Waals surface area (Å²) in [4.78, 5) is 12.0. The first-order chi connectivity index (χ1) is 7.61. The van der Waals surface area contributed by atoms with E-state index in [1.807, 2.05) is 6.92 Å². The summed E-state index contributed by atoms with van der Waals surface area (Å²) in [7, 11) is 0. The molecule has 0 atom stereocenters. The molecule has 16 heavy (non-hydrogen) atoms. The normalized spacial score (nSPS) is 10.6. The van der Waals surface area contributed by atoms with Crippen LogP contribution in [0.25, 0.3) is 10.1 Å². The maximum atomic E-state index is 11.0. The summed E-state index contributed by atoms with van der Waals surface area (Å²) in [5.41, 5.74) is 0. The average molecular weight is 236 g/mol. The molecule has 0 radical (unpaired) electrons. The molecular weight excluding hydrogens is 224 g/mol. The highest BCUT2D eigenvalue weighted by Gasteiger charge is 2.14. The van der Waals surface area contributed by atoms with Crippen molar-refractivity contribution in [2.45, 2.75) is 20.3 Å². The Morgan fingerprint density at radius 2 is 2.25 bits per heavy atom. The van der Waals surface area contributed by atoms with Gasteiger partial charge in [-0.25, -0.2) is 0 Å². The Labute approximate surface area is 97.3 Å². The molecule has 2 aromatic rings. The fourth-order valence-corrected chi connectivity index (χ4v) is 2.71. The number of carbonyl (C=O) groups excluding carboxylic acids is 1. The van der Waals surface area contributed by atoms with Crippen LogP contribution in [-0.2, 0) is 11.2 Å². The van der Waals surface area contributed by atoms with Crippen molar-refractivity contribution in [3.05, 3.63) is 23.1 Å². The molecule has 0 saturated carbocycles. The highest BCUT2D eigenvalue weighted by molar-refractivity contribution is 7.19. The number of thiophene rings is 1. The number of fused-ring (bicyclic) bond motifs is 1. The van der Waals surface area contributed by atoms with Crippen LogP contribution in [0.15, 0.2) is 18.2 Å². The van der Waals surface area contributed by atoms with Crippen molar-refractivity contribution in [2.75, 3.05) is 0 Å². The molecule has 0 bridgehead atoms. The number of hydrogen-bond acceptors (Lipinski definition) is 4. The molecule has 0 fully saturated rings. The summed E-state index contributed by atoms with van der Waals surface area (Å²) in [6.45, 7) is 3.40. The molecule has 2 rings (SSSR count). The largest absolute Gasteiger partial charge is 0.508 e. The van der Waals surface area contributed by atoms with E-state index in [0.717, 1.165) is 21.4 Å². The van der Waals surface area contributed by atoms with Crippen LogP contribution < -0.4 is 4.74 Å². The van der Waals surface area contributed by atoms with Crippen molar-refractivity contribution >= 4 is 27.4 Å². The first kappa shape index (κ1) is 11.0. The second-order valence-electron chi connectivity index (χ2n) is 3.48. The van der Waals surface area contributed by atoms with Gasteiger partial charge in [0.15, 0.2) is 5.75 Å². The van der Waals surface area contributed by atoms with Crippen LogP contribution in [0.1, 0.15) is 18.7 Å². The van der Waals surface area contributed by atoms with Gasteiger partial charge in [-0.15, -0.1) is 11.3 Å². The molecule has 1 heterocycles. The Bertz CT molecular complexity index is 542. The molecule has 0 amide bonds. The van der Waals surface area contributed by atoms with Crippen LogP contribution in [-0.4, -0.2) is 11.1 Å². The van der Waals surface area contributed by atoms with Crippen molar-refractivity contribution < 1.29 is 14.6 Å². The maximum absolute atomic E-state index is 11.0. The first-order valence-electron chi connectivity index (χ1n) is 5.04. The van der Waals surface area contributed by atoms with Gasteiger partial charge in [0.1, 0.15) is 5.75 Å². The number of ether oxygens (including phenoxy) is 1. The number of hydrogen-bond donors (Lipinski definition) is 1. The fraction of sp³-hybridized carbons (Fsp3) is 0.250. The van der Waals surface area contributed by atoms with Gasteiger partial charge in [0.2, 0.25) is 0 Å². The summed E-state index contributed by atoms with van der Waals surface area (Å²) in [5, 5.41) is 10.3. The van der Waals surface area contributed by atoms with Gasteiger partial charge >= 0.3 is 5.97 Å². The van der Waals surface area contributed by atoms with E-state index in [-0.39, 0.29) is 11.7 Å². The highest BCUT2D eigenvalue weighted by Crippen LogP contribution is 2.39. The van der Waals surface area contributed by atoms with E-state index in [2.05, 4.69) is 0 Å². The van der Waals surface area contributed by atoms with E-state index in [0.29, 0.717) is 5.75 Å². The maximum Gasteiger partial charge on any atom is 0.308 e. The number of carbonyl (C=O) groups is 1. The lowest BCUT2D eigenvalue weighted by Crippen LogP contribution is -2.02. The lowest BCUT2D eigenvalue weighted by molar-refractivity contribution is -0.131. The number of phenolic OH excluding ortho intramolecular Hbond substituents is 1. The van der Waals surface area contributed by atoms with Crippen molar-refractivity contribution in [1.82, 2.24) is 0 Å². The van der Waals surface area contributed by atoms with Crippen LogP contribution in [0.2, 0.25) is 0 Å². The third-order valence-corrected chi connectivity index (χ3v) is 3.54. The van der Waals surface area contributed by atoms with E-state index in [1.54, 1.807) is 29.5 Å². The Morgan fingerprint density at radius 1 is 1.50 bits per heavy atom. The third kappa shape index (κ3) is 1.88. The predicted molar refractivity (Wildman–Crippen MR) is 64.2 cm³/mol. The molecule has 1 aromatic heterocycles. The Balaban J connectivity index is 2.63. The molecule has 0 unspecified atom stereocenters. The van der Waals surface area contributed by atoms with Gasteiger partial charge in [0.25, 0.3) is 0 Å². The summed E-state index contributed by atoms with van der Waals surface area (Å²) in [5.74, 6) is 0.545. The molecule has 0 aliphatic rings. The number of aromatic hydroxyl groups is 1. The molecule has 0 aliphatic carbocycles. The summed E-state index contributed by atoms with van der Waals surface area (Å²) in [6.07, 6.45) is 0.808. The second-order valence-corrected chi connectivity index (χ2v) is 4.62. The first-order valence-corrected chi connectivity index (χ1v) is 5.86. The number of rotatable bonds is 2. The average Bonchev–Trinajstić information content (AvgIpc) is 2.55. The zero-order chi connectivity index (χ0) is 11.7. The van der Waals surface area contributed by atoms with Crippen LogP contribution in [0.5, 0.6) is 11.5 Å². The number of aryl methyl sites for hydroxylation is 1. The van der Waals surface area contributed by atoms with Gasteiger partial charge in [0.05, 0.1) is 0 Å². The molecule has 4 heteroatoms. The minimum atomic E-state index is -0.317. The van der Waals surface area contributed by atoms with Gasteiger partial charge in [-0.2, -0.15) is 0 Å². The van der Waals surface area contributed by atoms with Crippen molar-refractivity contribution in [2.24, 2.45) is 0 Å². The van der Waals surface area contributed by atoms with E-state index in [9.17, 15) is 9.90 Å². The third-order valence-electron chi connectivity index (χ3n) is 2.26. The quantitative estimate of drug-likeness (QED) is 0.815. The van der Waals surface area contributed by atoms with Crippen LogP contribution in [0, 0.1) is 0 Å². The fourth-order valence-electron chi connectivity index (χ4n) is 1.60. The van der Waals surface area contributed by atoms with Gasteiger partial charge in [-0.05, 0) is 24.6 Å². The van der Waals surface area contributed by atoms with Crippen molar-refractivity contribution in [3.8, 4) is 11.5 Å². The summed E-state index contributed by atoms with van der Waals surface area (Å²) >= 11 is 1.54. The van der Waals surface area contributed by atoms with Gasteiger partial charge in [-0.1, -0.05) is 6.92 Å². The van der Waals surface area contributed by atoms with E-state index in [1.165, 1.54) is 6.92 Å². The molecule has 84 valence electrons. The standard InChI is InChI=1S/C12H12O3S/c1-3-10-12(15-7(2)13)9-5-4-8(14)6-11(9)16-10/h4-6,14H,3H2,1-2H3. The van der Waals surface area contributed by atoms with Crippen LogP contribution >= 0.6 is 11.3 Å². The Morgan fingerprint density at radius 3 is 2.88 bits per heavy atom. The Hall–Kier alpha value is -1.55. The topological polar surface area (TPSA) is 46.5 Å². The van der Waals surface area contributed by atoms with Gasteiger partial charge in [-0.3, -0.25) is 4.79 Å². The van der Waals surface area contributed by atoms with E-state index >= 15 is 0 Å². The predicted octanol–water partition coefficient (Wildman–Crippen LogP) is 3.09. The lowest BCUT2D eigenvalue weighted by atomic mass is 10.2. The smallest absolute Gasteiger partial charge is 0.308 e. The SMILES string of the molecule is CCc1sc2cc(O)ccc2c1OC(C)=O. The summed E-state index contributed by atoms with van der Waals surface area (Å²) in [6, 6.07) is 5.06. The summed E-state index contributed by atoms with van der Waals surface area (Å²) < 4.78 is 6.16. The minimum Gasteiger partial charge on any atom is -0.508 e. The van der Waals surface area contributed by atoms with Crippen LogP contribution in [0.4, 0.5) is 0 Å². The number of phenols is 1. The van der Waals surface area contributed by atoms with Gasteiger partial charge in [0, 0.05) is 21.9 Å². The molecule has 0 spiro atoms. The minimum absolute atomic E-state index is 0.228. The zero-order valence-corrected chi connectivity index (χ0v) is 9.93. The van der Waals surface area contributed by atoms with E-state index < -0.39 is 0 Å². The van der Waals surface area contributed by atoms with Crippen LogP contribution in [0.3, 0.4) is 0 Å². The molecule has 1 aromatic carbocycles. The molecule has 0 saturated heterocycles. The highest BCUT2D eigenvalue weighted by atomic mass is 32.1.